The second kappa shape index (κ2) is 5.58. The van der Waals surface area contributed by atoms with Crippen molar-refractivity contribution in [2.75, 3.05) is 11.1 Å². The number of benzene rings is 1. The molecule has 0 spiro atoms. The van der Waals surface area contributed by atoms with Crippen molar-refractivity contribution >= 4 is 49.1 Å². The molecule has 7 heteroatoms. The molecular formula is C12H9Br2N3O2. The van der Waals surface area contributed by atoms with Gasteiger partial charge in [0, 0.05) is 20.8 Å². The van der Waals surface area contributed by atoms with Crippen LogP contribution in [0.2, 0.25) is 0 Å². The molecule has 1 aromatic heterocycles. The van der Waals surface area contributed by atoms with Crippen molar-refractivity contribution < 1.29 is 9.90 Å². The number of nitrogen functional groups attached to an aromatic ring is 1. The molecule has 0 aliphatic carbocycles. The number of amides is 1. The van der Waals surface area contributed by atoms with Crippen molar-refractivity contribution in [3.8, 4) is 5.75 Å². The minimum absolute atomic E-state index is 0.144. The Morgan fingerprint density at radius 2 is 1.95 bits per heavy atom. The Kier molecular flexibility index (Phi) is 4.06. The van der Waals surface area contributed by atoms with Gasteiger partial charge in [0.05, 0.1) is 17.4 Å². The number of rotatable bonds is 2. The van der Waals surface area contributed by atoms with Crippen molar-refractivity contribution in [2.45, 2.75) is 0 Å². The lowest BCUT2D eigenvalue weighted by atomic mass is 10.2. The Bertz CT molecular complexity index is 624. The summed E-state index contributed by atoms with van der Waals surface area (Å²) in [6.45, 7) is 0. The molecule has 4 N–H and O–H groups in total. The van der Waals surface area contributed by atoms with Gasteiger partial charge in [0.2, 0.25) is 0 Å². The van der Waals surface area contributed by atoms with E-state index in [4.69, 9.17) is 5.73 Å². The Morgan fingerprint density at radius 3 is 2.53 bits per heavy atom. The second-order valence-electron chi connectivity index (χ2n) is 3.71. The van der Waals surface area contributed by atoms with Crippen LogP contribution >= 0.6 is 31.9 Å². The molecule has 2 aromatic rings. The monoisotopic (exact) mass is 385 g/mol. The summed E-state index contributed by atoms with van der Waals surface area (Å²) >= 11 is 6.64. The summed E-state index contributed by atoms with van der Waals surface area (Å²) in [4.78, 5) is 15.8. The van der Waals surface area contributed by atoms with Crippen molar-refractivity contribution in [1.29, 1.82) is 0 Å². The van der Waals surface area contributed by atoms with E-state index in [0.29, 0.717) is 20.3 Å². The summed E-state index contributed by atoms with van der Waals surface area (Å²) in [5.74, 6) is -0.617. The van der Waals surface area contributed by atoms with Crippen LogP contribution in [-0.2, 0) is 0 Å². The molecule has 0 radical (unpaired) electrons. The molecule has 0 aliphatic rings. The number of carbonyl (C=O) groups is 1. The summed E-state index contributed by atoms with van der Waals surface area (Å²) in [5.41, 5.74) is 6.91. The molecule has 98 valence electrons. The number of nitrogens with two attached hydrogens (primary N) is 1. The fourth-order valence-electron chi connectivity index (χ4n) is 1.47. The first kappa shape index (κ1) is 13.8. The van der Waals surface area contributed by atoms with Crippen LogP contribution in [0.25, 0.3) is 0 Å². The zero-order valence-electron chi connectivity index (χ0n) is 9.52. The van der Waals surface area contributed by atoms with Gasteiger partial charge in [-0.15, -0.1) is 0 Å². The van der Waals surface area contributed by atoms with Gasteiger partial charge in [-0.25, -0.2) is 0 Å². The first-order valence-corrected chi connectivity index (χ1v) is 6.76. The molecule has 0 aliphatic heterocycles. The van der Waals surface area contributed by atoms with E-state index in [1.807, 2.05) is 0 Å². The van der Waals surface area contributed by atoms with Gasteiger partial charge in [0.15, 0.2) is 0 Å². The van der Waals surface area contributed by atoms with Crippen LogP contribution in [0.5, 0.6) is 5.75 Å². The lowest BCUT2D eigenvalue weighted by Crippen LogP contribution is -2.13. The van der Waals surface area contributed by atoms with Crippen LogP contribution in [0.3, 0.4) is 0 Å². The standard InChI is InChI=1S/C12H9Br2N3O2/c13-8-3-6(15)4-9(14)11(8)17-12(19)7-1-2-16-5-10(7)18/h1-5,18H,15H2,(H,17,19). The van der Waals surface area contributed by atoms with Crippen LogP contribution in [-0.4, -0.2) is 16.0 Å². The van der Waals surface area contributed by atoms with Gasteiger partial charge in [-0.05, 0) is 50.1 Å². The zero-order chi connectivity index (χ0) is 14.0. The molecule has 0 atom stereocenters. The maximum atomic E-state index is 12.1. The predicted octanol–water partition coefficient (Wildman–Crippen LogP) is 3.15. The number of anilines is 2. The number of hydrogen-bond donors (Lipinski definition) is 3. The highest BCUT2D eigenvalue weighted by Gasteiger charge is 2.14. The topological polar surface area (TPSA) is 88.2 Å². The predicted molar refractivity (Wildman–Crippen MR) is 80.1 cm³/mol. The third-order valence-electron chi connectivity index (χ3n) is 2.35. The summed E-state index contributed by atoms with van der Waals surface area (Å²) < 4.78 is 1.28. The van der Waals surface area contributed by atoms with Gasteiger partial charge >= 0.3 is 0 Å². The highest BCUT2D eigenvalue weighted by Crippen LogP contribution is 2.34. The van der Waals surface area contributed by atoms with Crippen molar-refractivity contribution in [2.24, 2.45) is 0 Å². The van der Waals surface area contributed by atoms with Crippen LogP contribution < -0.4 is 11.1 Å². The molecule has 2 rings (SSSR count). The molecule has 19 heavy (non-hydrogen) atoms. The molecule has 0 bridgehead atoms. The molecule has 0 saturated heterocycles. The van der Waals surface area contributed by atoms with E-state index >= 15 is 0 Å². The Morgan fingerprint density at radius 1 is 1.32 bits per heavy atom. The largest absolute Gasteiger partial charge is 0.505 e. The molecule has 0 saturated carbocycles. The highest BCUT2D eigenvalue weighted by molar-refractivity contribution is 9.11. The average Bonchev–Trinajstić information content (AvgIpc) is 2.34. The fraction of sp³-hybridized carbons (Fsp3) is 0. The lowest BCUT2D eigenvalue weighted by molar-refractivity contribution is 0.102. The van der Waals surface area contributed by atoms with Gasteiger partial charge in [-0.1, -0.05) is 0 Å². The van der Waals surface area contributed by atoms with Crippen molar-refractivity contribution in [3.05, 3.63) is 45.1 Å². The SMILES string of the molecule is Nc1cc(Br)c(NC(=O)c2ccncc2O)c(Br)c1. The molecule has 1 heterocycles. The number of hydrogen-bond acceptors (Lipinski definition) is 4. The maximum absolute atomic E-state index is 12.1. The van der Waals surface area contributed by atoms with Gasteiger partial charge in [-0.3, -0.25) is 9.78 Å². The van der Waals surface area contributed by atoms with Crippen LogP contribution in [0.15, 0.2) is 39.5 Å². The summed E-state index contributed by atoms with van der Waals surface area (Å²) in [6.07, 6.45) is 2.64. The molecule has 1 aromatic carbocycles. The molecule has 0 unspecified atom stereocenters. The number of halogens is 2. The Hall–Kier alpha value is -1.60. The first-order chi connectivity index (χ1) is 8.99. The van der Waals surface area contributed by atoms with E-state index in [9.17, 15) is 9.90 Å². The zero-order valence-corrected chi connectivity index (χ0v) is 12.7. The minimum Gasteiger partial charge on any atom is -0.505 e. The number of aromatic nitrogens is 1. The first-order valence-electron chi connectivity index (χ1n) is 5.18. The van der Waals surface area contributed by atoms with Crippen molar-refractivity contribution in [3.63, 3.8) is 0 Å². The number of aromatic hydroxyl groups is 1. The quantitative estimate of drug-likeness (QED) is 0.691. The van der Waals surface area contributed by atoms with Crippen LogP contribution in [0.1, 0.15) is 10.4 Å². The van der Waals surface area contributed by atoms with E-state index in [2.05, 4.69) is 42.2 Å². The Labute approximate surface area is 126 Å². The smallest absolute Gasteiger partial charge is 0.259 e. The van der Waals surface area contributed by atoms with E-state index in [0.717, 1.165) is 0 Å². The number of nitrogens with one attached hydrogen (secondary N) is 1. The van der Waals surface area contributed by atoms with Gasteiger partial charge in [0.1, 0.15) is 5.75 Å². The number of carbonyl (C=O) groups excluding carboxylic acids is 1. The van der Waals surface area contributed by atoms with Gasteiger partial charge in [-0.2, -0.15) is 0 Å². The summed E-state index contributed by atoms with van der Waals surface area (Å²) in [7, 11) is 0. The third-order valence-corrected chi connectivity index (χ3v) is 3.60. The minimum atomic E-state index is -0.439. The van der Waals surface area contributed by atoms with Crippen LogP contribution in [0.4, 0.5) is 11.4 Å². The summed E-state index contributed by atoms with van der Waals surface area (Å²) in [5, 5.41) is 12.3. The number of pyridine rings is 1. The van der Waals surface area contributed by atoms with E-state index in [1.165, 1.54) is 18.5 Å². The number of nitrogens with zero attached hydrogens (tertiary/aromatic N) is 1. The molecule has 0 fully saturated rings. The molecular weight excluding hydrogens is 378 g/mol. The highest BCUT2D eigenvalue weighted by atomic mass is 79.9. The van der Waals surface area contributed by atoms with Crippen molar-refractivity contribution in [1.82, 2.24) is 4.98 Å². The average molecular weight is 387 g/mol. The maximum Gasteiger partial charge on any atom is 0.259 e. The normalized spacial score (nSPS) is 10.2. The van der Waals surface area contributed by atoms with E-state index in [1.54, 1.807) is 12.1 Å². The second-order valence-corrected chi connectivity index (χ2v) is 5.42. The summed E-state index contributed by atoms with van der Waals surface area (Å²) in [6, 6.07) is 4.78. The van der Waals surface area contributed by atoms with Gasteiger partial charge < -0.3 is 16.2 Å². The Balaban J connectivity index is 2.32. The fourth-order valence-corrected chi connectivity index (χ4v) is 2.89. The van der Waals surface area contributed by atoms with Crippen LogP contribution in [0, 0.1) is 0 Å². The third kappa shape index (κ3) is 3.05. The van der Waals surface area contributed by atoms with Gasteiger partial charge in [0.25, 0.3) is 5.91 Å². The van der Waals surface area contributed by atoms with E-state index < -0.39 is 5.91 Å². The molecule has 5 nitrogen and oxygen atoms in total. The molecule has 1 amide bonds. The van der Waals surface area contributed by atoms with E-state index in [-0.39, 0.29) is 11.3 Å². The lowest BCUT2D eigenvalue weighted by Gasteiger charge is -2.11.